The number of aliphatic carboxylic acids is 2. The number of hydrogen-bond acceptors (Lipinski definition) is 9. The highest BCUT2D eigenvalue weighted by Crippen LogP contribution is 2.06. The van der Waals surface area contributed by atoms with Crippen LogP contribution in [0.4, 0.5) is 0 Å². The highest BCUT2D eigenvalue weighted by atomic mass is 16.4. The molecule has 226 valence electrons. The van der Waals surface area contributed by atoms with E-state index in [-0.39, 0.29) is 50.7 Å². The molecule has 0 aliphatic rings. The van der Waals surface area contributed by atoms with Crippen molar-refractivity contribution in [1.82, 2.24) is 16.0 Å². The standard InChI is InChI=1S/C21H39N11O8/c22-10(9-14(23)33)16(36)30-11(3-1-7-28-20(24)25)17(37)31-12(5-6-15(34)35)18(38)32-13(19(39)40)4-2-8-29-21(26)27/h10-13H,1-9,22H2,(H2,23,33)(H,30,36)(H,31,37)(H,32,38)(H,34,35)(H,39,40)(H4,24,25,28)(H4,26,27,29). The Morgan fingerprint density at radius 2 is 1.07 bits per heavy atom. The number of hydrogen-bond donors (Lipinski definition) is 11. The molecule has 19 heteroatoms. The van der Waals surface area contributed by atoms with Gasteiger partial charge in [0.05, 0.1) is 12.5 Å². The number of carboxylic acids is 2. The van der Waals surface area contributed by atoms with Crippen LogP contribution in [0, 0.1) is 0 Å². The average Bonchev–Trinajstić information content (AvgIpc) is 2.83. The number of primary amides is 1. The lowest BCUT2D eigenvalue weighted by molar-refractivity contribution is -0.143. The molecule has 0 saturated heterocycles. The molecule has 0 bridgehead atoms. The molecule has 0 radical (unpaired) electrons. The summed E-state index contributed by atoms with van der Waals surface area (Å²) >= 11 is 0. The van der Waals surface area contributed by atoms with Crippen LogP contribution in [0.25, 0.3) is 0 Å². The van der Waals surface area contributed by atoms with E-state index >= 15 is 0 Å². The van der Waals surface area contributed by atoms with Gasteiger partial charge in [0.15, 0.2) is 11.9 Å². The van der Waals surface area contributed by atoms with Gasteiger partial charge in [-0.3, -0.25) is 34.0 Å². The Balaban J connectivity index is 5.70. The monoisotopic (exact) mass is 573 g/mol. The van der Waals surface area contributed by atoms with E-state index in [4.69, 9.17) is 39.5 Å². The van der Waals surface area contributed by atoms with E-state index in [0.29, 0.717) is 0 Å². The van der Waals surface area contributed by atoms with Gasteiger partial charge < -0.3 is 60.6 Å². The van der Waals surface area contributed by atoms with Crippen molar-refractivity contribution in [1.29, 1.82) is 0 Å². The maximum Gasteiger partial charge on any atom is 0.326 e. The smallest absolute Gasteiger partial charge is 0.326 e. The van der Waals surface area contributed by atoms with Crippen LogP contribution in [-0.2, 0) is 28.8 Å². The second kappa shape index (κ2) is 18.6. The molecule has 40 heavy (non-hydrogen) atoms. The molecule has 4 atom stereocenters. The minimum Gasteiger partial charge on any atom is -0.481 e. The number of amides is 4. The van der Waals surface area contributed by atoms with E-state index in [0.717, 1.165) is 0 Å². The minimum atomic E-state index is -1.49. The van der Waals surface area contributed by atoms with E-state index in [1.54, 1.807) is 0 Å². The number of carbonyl (C=O) groups excluding carboxylic acids is 4. The molecule has 0 aliphatic heterocycles. The number of carbonyl (C=O) groups is 6. The largest absolute Gasteiger partial charge is 0.481 e. The lowest BCUT2D eigenvalue weighted by atomic mass is 10.1. The summed E-state index contributed by atoms with van der Waals surface area (Å²) in [5.41, 5.74) is 31.7. The van der Waals surface area contributed by atoms with E-state index < -0.39 is 79.0 Å². The fourth-order valence-corrected chi connectivity index (χ4v) is 3.20. The lowest BCUT2D eigenvalue weighted by Gasteiger charge is -2.25. The maximum atomic E-state index is 13.1. The molecule has 19 nitrogen and oxygen atoms in total. The minimum absolute atomic E-state index is 0.0482. The van der Waals surface area contributed by atoms with Gasteiger partial charge in [0, 0.05) is 19.5 Å². The molecule has 17 N–H and O–H groups in total. The maximum absolute atomic E-state index is 13.1. The van der Waals surface area contributed by atoms with E-state index in [9.17, 15) is 33.9 Å². The number of aliphatic imine (C=N–C) groups is 2. The van der Waals surface area contributed by atoms with Gasteiger partial charge in [0.25, 0.3) is 0 Å². The third kappa shape index (κ3) is 16.2. The zero-order valence-corrected chi connectivity index (χ0v) is 21.9. The summed E-state index contributed by atoms with van der Waals surface area (Å²) in [7, 11) is 0. The summed E-state index contributed by atoms with van der Waals surface area (Å²) in [5, 5.41) is 25.5. The second-order valence-corrected chi connectivity index (χ2v) is 8.63. The molecule has 0 aromatic heterocycles. The highest BCUT2D eigenvalue weighted by molar-refractivity contribution is 5.95. The van der Waals surface area contributed by atoms with Gasteiger partial charge in [-0.25, -0.2) is 4.79 Å². The number of guanidine groups is 2. The second-order valence-electron chi connectivity index (χ2n) is 8.63. The fraction of sp³-hybridized carbons (Fsp3) is 0.619. The quantitative estimate of drug-likeness (QED) is 0.0368. The van der Waals surface area contributed by atoms with Crippen LogP contribution >= 0.6 is 0 Å². The van der Waals surface area contributed by atoms with Crippen LogP contribution in [0.2, 0.25) is 0 Å². The van der Waals surface area contributed by atoms with E-state index in [1.165, 1.54) is 0 Å². The fourth-order valence-electron chi connectivity index (χ4n) is 3.20. The molecule has 4 amide bonds. The third-order valence-electron chi connectivity index (χ3n) is 5.18. The summed E-state index contributed by atoms with van der Waals surface area (Å²) in [6.45, 7) is 0.179. The lowest BCUT2D eigenvalue weighted by Crippen LogP contribution is -2.57. The summed E-state index contributed by atoms with van der Waals surface area (Å²) in [6, 6.07) is -5.56. The van der Waals surface area contributed by atoms with Crippen LogP contribution in [0.1, 0.15) is 44.9 Å². The summed E-state index contributed by atoms with van der Waals surface area (Å²) in [6.07, 6.45) is -1.20. The predicted molar refractivity (Wildman–Crippen MR) is 142 cm³/mol. The average molecular weight is 574 g/mol. The molecule has 0 heterocycles. The molecule has 0 spiro atoms. The summed E-state index contributed by atoms with van der Waals surface area (Å²) in [5.74, 6) is -6.68. The molecule has 0 aliphatic carbocycles. The zero-order chi connectivity index (χ0) is 30.8. The SMILES string of the molecule is NC(=O)CC(N)C(=O)NC(CCCN=C(N)N)C(=O)NC(CCC(=O)O)C(=O)NC(CCCN=C(N)N)C(=O)O. The number of nitrogens with zero attached hydrogens (tertiary/aromatic N) is 2. The zero-order valence-electron chi connectivity index (χ0n) is 21.9. The third-order valence-corrected chi connectivity index (χ3v) is 5.18. The Morgan fingerprint density at radius 3 is 1.50 bits per heavy atom. The first-order valence-corrected chi connectivity index (χ1v) is 12.1. The molecule has 0 aromatic carbocycles. The predicted octanol–water partition coefficient (Wildman–Crippen LogP) is -5.30. The van der Waals surface area contributed by atoms with Crippen molar-refractivity contribution in [2.75, 3.05) is 13.1 Å². The van der Waals surface area contributed by atoms with Crippen molar-refractivity contribution in [3.05, 3.63) is 0 Å². The molecule has 4 unspecified atom stereocenters. The van der Waals surface area contributed by atoms with Crippen LogP contribution in [0.3, 0.4) is 0 Å². The van der Waals surface area contributed by atoms with Crippen molar-refractivity contribution < 1.29 is 39.0 Å². The number of rotatable bonds is 20. The molecular formula is C21H39N11O8. The first kappa shape index (κ1) is 35.3. The molecular weight excluding hydrogens is 534 g/mol. The van der Waals surface area contributed by atoms with Gasteiger partial charge in [0.2, 0.25) is 23.6 Å². The van der Waals surface area contributed by atoms with Gasteiger partial charge >= 0.3 is 11.9 Å². The van der Waals surface area contributed by atoms with Crippen LogP contribution < -0.4 is 50.4 Å². The molecule has 0 saturated carbocycles. The van der Waals surface area contributed by atoms with Gasteiger partial charge in [-0.2, -0.15) is 0 Å². The topological polar surface area (TPSA) is 360 Å². The van der Waals surface area contributed by atoms with Crippen molar-refractivity contribution in [2.45, 2.75) is 69.1 Å². The molecule has 0 aromatic rings. The van der Waals surface area contributed by atoms with E-state index in [2.05, 4.69) is 25.9 Å². The van der Waals surface area contributed by atoms with Gasteiger partial charge in [-0.1, -0.05) is 0 Å². The van der Waals surface area contributed by atoms with E-state index in [1.807, 2.05) is 0 Å². The summed E-state index contributed by atoms with van der Waals surface area (Å²) < 4.78 is 0. The molecule has 0 fully saturated rings. The number of nitrogens with two attached hydrogens (primary N) is 6. The van der Waals surface area contributed by atoms with Crippen molar-refractivity contribution in [2.24, 2.45) is 44.4 Å². The Hall–Kier alpha value is -4.68. The van der Waals surface area contributed by atoms with Crippen molar-refractivity contribution >= 4 is 47.5 Å². The Bertz CT molecular complexity index is 964. The number of nitrogens with one attached hydrogen (secondary N) is 3. The van der Waals surface area contributed by atoms with Crippen LogP contribution in [-0.4, -0.2) is 95.0 Å². The van der Waals surface area contributed by atoms with Gasteiger partial charge in [0.1, 0.15) is 18.1 Å². The van der Waals surface area contributed by atoms with Crippen molar-refractivity contribution in [3.8, 4) is 0 Å². The first-order chi connectivity index (χ1) is 18.6. The Kier molecular flexibility index (Phi) is 16.4. The normalized spacial score (nSPS) is 13.4. The molecule has 0 rings (SSSR count). The van der Waals surface area contributed by atoms with Gasteiger partial charge in [-0.15, -0.1) is 0 Å². The highest BCUT2D eigenvalue weighted by Gasteiger charge is 2.30. The van der Waals surface area contributed by atoms with Crippen LogP contribution in [0.5, 0.6) is 0 Å². The van der Waals surface area contributed by atoms with Crippen molar-refractivity contribution in [3.63, 3.8) is 0 Å². The number of carboxylic acid groups (broad SMARTS) is 2. The van der Waals surface area contributed by atoms with Crippen LogP contribution in [0.15, 0.2) is 9.98 Å². The first-order valence-electron chi connectivity index (χ1n) is 12.1. The van der Waals surface area contributed by atoms with Gasteiger partial charge in [-0.05, 0) is 32.1 Å². The summed E-state index contributed by atoms with van der Waals surface area (Å²) in [4.78, 5) is 79.8. The Morgan fingerprint density at radius 1 is 0.650 bits per heavy atom. The Labute approximate surface area is 229 Å².